The van der Waals surface area contributed by atoms with Crippen molar-refractivity contribution >= 4 is 16.5 Å². The number of aryl methyl sites for hydroxylation is 2. The Bertz CT molecular complexity index is 880. The molecule has 0 amide bonds. The normalized spacial score (nSPS) is 15.4. The molecule has 0 bridgehead atoms. The Hall–Kier alpha value is -2.32. The molecule has 142 valence electrons. The minimum atomic E-state index is -0.217. The minimum absolute atomic E-state index is 0.217. The fraction of sp³-hybridized carbons (Fsp3) is 0.421. The molecular formula is C19H22FN5OS. The zero-order valence-electron chi connectivity index (χ0n) is 15.5. The quantitative estimate of drug-likeness (QED) is 0.670. The second kappa shape index (κ2) is 7.74. The van der Waals surface area contributed by atoms with Crippen LogP contribution < -0.4 is 4.90 Å². The van der Waals surface area contributed by atoms with Gasteiger partial charge >= 0.3 is 0 Å². The van der Waals surface area contributed by atoms with E-state index >= 15 is 0 Å². The summed E-state index contributed by atoms with van der Waals surface area (Å²) in [5.41, 5.74) is 3.22. The number of piperazine rings is 1. The Kier molecular flexibility index (Phi) is 5.18. The smallest absolute Gasteiger partial charge is 0.208 e. The van der Waals surface area contributed by atoms with Crippen molar-refractivity contribution in [2.24, 2.45) is 0 Å². The summed E-state index contributed by atoms with van der Waals surface area (Å²) >= 11 is 1.62. The highest BCUT2D eigenvalue weighted by Crippen LogP contribution is 2.24. The SMILES string of the molecule is Cc1noc(C)c1CN1CCN(c2nnc(Cc3ccc(F)cc3)s2)CC1. The van der Waals surface area contributed by atoms with Gasteiger partial charge in [0.2, 0.25) is 5.13 Å². The zero-order valence-corrected chi connectivity index (χ0v) is 16.3. The van der Waals surface area contributed by atoms with E-state index in [2.05, 4.69) is 25.2 Å². The number of halogens is 1. The molecule has 0 saturated carbocycles. The van der Waals surface area contributed by atoms with Crippen molar-refractivity contribution < 1.29 is 8.91 Å². The lowest BCUT2D eigenvalue weighted by atomic mass is 10.2. The van der Waals surface area contributed by atoms with Crippen LogP contribution in [-0.4, -0.2) is 46.4 Å². The van der Waals surface area contributed by atoms with Gasteiger partial charge < -0.3 is 9.42 Å². The minimum Gasteiger partial charge on any atom is -0.361 e. The van der Waals surface area contributed by atoms with Gasteiger partial charge in [0.1, 0.15) is 16.6 Å². The van der Waals surface area contributed by atoms with Crippen LogP contribution in [0.15, 0.2) is 28.8 Å². The van der Waals surface area contributed by atoms with Gasteiger partial charge in [-0.2, -0.15) is 0 Å². The van der Waals surface area contributed by atoms with Crippen molar-refractivity contribution in [2.75, 3.05) is 31.1 Å². The molecule has 6 nitrogen and oxygen atoms in total. The summed E-state index contributed by atoms with van der Waals surface area (Å²) < 4.78 is 18.3. The molecule has 0 radical (unpaired) electrons. The average molecular weight is 387 g/mol. The van der Waals surface area contributed by atoms with Gasteiger partial charge in [-0.15, -0.1) is 10.2 Å². The van der Waals surface area contributed by atoms with Gasteiger partial charge in [-0.1, -0.05) is 28.6 Å². The first-order valence-electron chi connectivity index (χ1n) is 9.04. The van der Waals surface area contributed by atoms with Crippen molar-refractivity contribution in [1.82, 2.24) is 20.3 Å². The number of anilines is 1. The van der Waals surface area contributed by atoms with Crippen LogP contribution in [0.1, 0.15) is 27.6 Å². The van der Waals surface area contributed by atoms with Crippen LogP contribution in [0.5, 0.6) is 0 Å². The summed E-state index contributed by atoms with van der Waals surface area (Å²) in [7, 11) is 0. The fourth-order valence-corrected chi connectivity index (χ4v) is 4.19. The van der Waals surface area contributed by atoms with Crippen LogP contribution >= 0.6 is 11.3 Å². The molecule has 1 aliphatic rings. The molecule has 1 aromatic carbocycles. The van der Waals surface area contributed by atoms with E-state index in [-0.39, 0.29) is 5.82 Å². The predicted octanol–water partition coefficient (Wildman–Crippen LogP) is 3.20. The Morgan fingerprint density at radius 1 is 1.07 bits per heavy atom. The average Bonchev–Trinajstić information content (AvgIpc) is 3.26. The fourth-order valence-electron chi connectivity index (χ4n) is 3.27. The van der Waals surface area contributed by atoms with Crippen molar-refractivity contribution in [1.29, 1.82) is 0 Å². The van der Waals surface area contributed by atoms with Gasteiger partial charge in [0.25, 0.3) is 0 Å². The summed E-state index contributed by atoms with van der Waals surface area (Å²) in [4.78, 5) is 4.71. The third-order valence-electron chi connectivity index (χ3n) is 4.93. The summed E-state index contributed by atoms with van der Waals surface area (Å²) in [5.74, 6) is 0.690. The van der Waals surface area contributed by atoms with Crippen molar-refractivity contribution in [3.8, 4) is 0 Å². The van der Waals surface area contributed by atoms with Gasteiger partial charge in [-0.25, -0.2) is 4.39 Å². The van der Waals surface area contributed by atoms with Crippen LogP contribution in [0.3, 0.4) is 0 Å². The molecule has 1 fully saturated rings. The highest BCUT2D eigenvalue weighted by Gasteiger charge is 2.22. The first kappa shape index (κ1) is 18.1. The number of hydrogen-bond acceptors (Lipinski definition) is 7. The van der Waals surface area contributed by atoms with Gasteiger partial charge in [0.05, 0.1) is 5.69 Å². The maximum absolute atomic E-state index is 13.0. The second-order valence-electron chi connectivity index (χ2n) is 6.85. The molecule has 3 heterocycles. The molecule has 0 unspecified atom stereocenters. The Morgan fingerprint density at radius 2 is 1.81 bits per heavy atom. The Morgan fingerprint density at radius 3 is 2.48 bits per heavy atom. The number of benzene rings is 1. The standard InChI is InChI=1S/C19H22FN5OS/c1-13-17(14(2)26-23-13)12-24-7-9-25(10-8-24)19-22-21-18(27-19)11-15-3-5-16(20)6-4-15/h3-6H,7-12H2,1-2H3. The number of aromatic nitrogens is 3. The van der Waals surface area contributed by atoms with Crippen molar-refractivity contribution in [3.63, 3.8) is 0 Å². The van der Waals surface area contributed by atoms with Crippen LogP contribution in [0.25, 0.3) is 0 Å². The first-order chi connectivity index (χ1) is 13.1. The molecule has 0 atom stereocenters. The molecule has 27 heavy (non-hydrogen) atoms. The lowest BCUT2D eigenvalue weighted by molar-refractivity contribution is 0.247. The van der Waals surface area contributed by atoms with Gasteiger partial charge in [0, 0.05) is 44.7 Å². The largest absolute Gasteiger partial charge is 0.361 e. The monoisotopic (exact) mass is 387 g/mol. The maximum atomic E-state index is 13.0. The second-order valence-corrected chi connectivity index (χ2v) is 7.89. The van der Waals surface area contributed by atoms with E-state index in [1.165, 1.54) is 17.7 Å². The molecule has 3 aromatic rings. The first-order valence-corrected chi connectivity index (χ1v) is 9.86. The third kappa shape index (κ3) is 4.17. The molecule has 8 heteroatoms. The number of hydrogen-bond donors (Lipinski definition) is 0. The van der Waals surface area contributed by atoms with Crippen LogP contribution in [0.4, 0.5) is 9.52 Å². The van der Waals surface area contributed by atoms with Gasteiger partial charge in [0.15, 0.2) is 0 Å². The Labute approximate surface area is 161 Å². The molecule has 0 aliphatic carbocycles. The van der Waals surface area contributed by atoms with E-state index in [0.717, 1.165) is 59.9 Å². The molecule has 1 aliphatic heterocycles. The molecule has 1 saturated heterocycles. The summed E-state index contributed by atoms with van der Waals surface area (Å²) in [5, 5.41) is 14.6. The predicted molar refractivity (Wildman–Crippen MR) is 103 cm³/mol. The van der Waals surface area contributed by atoms with E-state index in [1.54, 1.807) is 23.5 Å². The molecular weight excluding hydrogens is 365 g/mol. The molecule has 0 spiro atoms. The van der Waals surface area contributed by atoms with Crippen LogP contribution in [0, 0.1) is 19.7 Å². The van der Waals surface area contributed by atoms with Crippen molar-refractivity contribution in [2.45, 2.75) is 26.8 Å². The maximum Gasteiger partial charge on any atom is 0.208 e. The summed E-state index contributed by atoms with van der Waals surface area (Å²) in [6, 6.07) is 6.55. The molecule has 2 aromatic heterocycles. The lowest BCUT2D eigenvalue weighted by Gasteiger charge is -2.34. The van der Waals surface area contributed by atoms with E-state index in [1.807, 2.05) is 13.8 Å². The topological polar surface area (TPSA) is 58.3 Å². The third-order valence-corrected chi connectivity index (χ3v) is 5.91. The Balaban J connectivity index is 1.33. The van der Waals surface area contributed by atoms with E-state index in [4.69, 9.17) is 4.52 Å². The van der Waals surface area contributed by atoms with Crippen LogP contribution in [-0.2, 0) is 13.0 Å². The molecule has 4 rings (SSSR count). The van der Waals surface area contributed by atoms with Crippen molar-refractivity contribution in [3.05, 3.63) is 57.7 Å². The number of nitrogens with zero attached hydrogens (tertiary/aromatic N) is 5. The zero-order chi connectivity index (χ0) is 18.8. The van der Waals surface area contributed by atoms with E-state index in [0.29, 0.717) is 6.42 Å². The van der Waals surface area contributed by atoms with Crippen LogP contribution in [0.2, 0.25) is 0 Å². The number of rotatable bonds is 5. The lowest BCUT2D eigenvalue weighted by Crippen LogP contribution is -2.46. The molecule has 0 N–H and O–H groups in total. The summed E-state index contributed by atoms with van der Waals surface area (Å²) in [6.45, 7) is 8.62. The van der Waals surface area contributed by atoms with E-state index in [9.17, 15) is 4.39 Å². The highest BCUT2D eigenvalue weighted by atomic mass is 32.1. The van der Waals surface area contributed by atoms with Gasteiger partial charge in [-0.3, -0.25) is 4.90 Å². The van der Waals surface area contributed by atoms with E-state index < -0.39 is 0 Å². The van der Waals surface area contributed by atoms with Gasteiger partial charge in [-0.05, 0) is 31.5 Å². The highest BCUT2D eigenvalue weighted by molar-refractivity contribution is 7.15. The summed E-state index contributed by atoms with van der Waals surface area (Å²) in [6.07, 6.45) is 0.684.